The molecule has 1 saturated heterocycles. The smallest absolute Gasteiger partial charge is 0.310 e. The van der Waals surface area contributed by atoms with Crippen LogP contribution in [0.5, 0.6) is 0 Å². The topological polar surface area (TPSA) is 95.4 Å². The standard InChI is InChI=1S/C16H27N5O3S/c1-3-20-14(8-7-13(17)22)18-21(16(20)25)11-19-9-5-6-12(10-19)15(23)24-4-2/h12H,3-11H2,1-2H3,(H2,17,22)/t12-/m1/s1. The number of primary amides is 1. The number of aromatic nitrogens is 3. The molecule has 2 heterocycles. The first-order valence-electron chi connectivity index (χ1n) is 8.80. The van der Waals surface area contributed by atoms with Crippen LogP contribution in [0.25, 0.3) is 0 Å². The number of aryl methyl sites for hydroxylation is 1. The van der Waals surface area contributed by atoms with Crippen LogP contribution >= 0.6 is 12.2 Å². The van der Waals surface area contributed by atoms with Crippen LogP contribution in [0.2, 0.25) is 0 Å². The van der Waals surface area contributed by atoms with E-state index in [1.54, 1.807) is 4.68 Å². The molecule has 8 nitrogen and oxygen atoms in total. The van der Waals surface area contributed by atoms with E-state index in [9.17, 15) is 9.59 Å². The molecule has 2 rings (SSSR count). The van der Waals surface area contributed by atoms with Crippen LogP contribution in [-0.2, 0) is 34.0 Å². The lowest BCUT2D eigenvalue weighted by Crippen LogP contribution is -2.40. The first-order valence-corrected chi connectivity index (χ1v) is 9.20. The van der Waals surface area contributed by atoms with Gasteiger partial charge in [-0.15, -0.1) is 0 Å². The van der Waals surface area contributed by atoms with Crippen molar-refractivity contribution in [1.82, 2.24) is 19.2 Å². The molecule has 1 aromatic heterocycles. The summed E-state index contributed by atoms with van der Waals surface area (Å²) in [7, 11) is 0. The van der Waals surface area contributed by atoms with Crippen molar-refractivity contribution < 1.29 is 14.3 Å². The third-order valence-corrected chi connectivity index (χ3v) is 4.80. The number of rotatable bonds is 8. The van der Waals surface area contributed by atoms with Crippen LogP contribution in [-0.4, -0.2) is 50.8 Å². The molecule has 9 heteroatoms. The van der Waals surface area contributed by atoms with Crippen molar-refractivity contribution in [3.63, 3.8) is 0 Å². The van der Waals surface area contributed by atoms with Crippen LogP contribution < -0.4 is 5.73 Å². The van der Waals surface area contributed by atoms with Crippen molar-refractivity contribution in [1.29, 1.82) is 0 Å². The van der Waals surface area contributed by atoms with Crippen molar-refractivity contribution in [3.8, 4) is 0 Å². The minimum absolute atomic E-state index is 0.0922. The highest BCUT2D eigenvalue weighted by molar-refractivity contribution is 7.71. The maximum Gasteiger partial charge on any atom is 0.310 e. The molecule has 1 fully saturated rings. The van der Waals surface area contributed by atoms with E-state index in [-0.39, 0.29) is 24.2 Å². The predicted molar refractivity (Wildman–Crippen MR) is 95.2 cm³/mol. The highest BCUT2D eigenvalue weighted by Gasteiger charge is 2.27. The van der Waals surface area contributed by atoms with E-state index >= 15 is 0 Å². The lowest BCUT2D eigenvalue weighted by molar-refractivity contribution is -0.150. The summed E-state index contributed by atoms with van der Waals surface area (Å²) in [4.78, 5) is 25.2. The average molecular weight is 369 g/mol. The Morgan fingerprint density at radius 2 is 2.16 bits per heavy atom. The van der Waals surface area contributed by atoms with E-state index in [1.165, 1.54) is 0 Å². The van der Waals surface area contributed by atoms with E-state index in [0.29, 0.717) is 37.6 Å². The zero-order valence-corrected chi connectivity index (χ0v) is 15.8. The second-order valence-electron chi connectivity index (χ2n) is 6.22. The van der Waals surface area contributed by atoms with Gasteiger partial charge in [-0.3, -0.25) is 14.5 Å². The number of nitrogens with two attached hydrogens (primary N) is 1. The Bertz CT molecular complexity index is 669. The molecule has 0 saturated carbocycles. The number of carbonyl (C=O) groups is 2. The molecule has 0 aromatic carbocycles. The molecule has 1 atom stereocenters. The number of carbonyl (C=O) groups excluding carboxylic acids is 2. The number of likely N-dealkylation sites (tertiary alicyclic amines) is 1. The van der Waals surface area contributed by atoms with Gasteiger partial charge in [0.2, 0.25) is 5.91 Å². The van der Waals surface area contributed by atoms with Crippen molar-refractivity contribution in [2.45, 2.75) is 52.7 Å². The molecule has 0 bridgehead atoms. The van der Waals surface area contributed by atoms with Crippen molar-refractivity contribution in [2.75, 3.05) is 19.7 Å². The van der Waals surface area contributed by atoms with Gasteiger partial charge in [-0.2, -0.15) is 5.10 Å². The summed E-state index contributed by atoms with van der Waals surface area (Å²) in [5, 5.41) is 4.56. The number of ether oxygens (including phenoxy) is 1. The molecule has 2 N–H and O–H groups in total. The fraction of sp³-hybridized carbons (Fsp3) is 0.750. The first-order chi connectivity index (χ1) is 12.0. The van der Waals surface area contributed by atoms with Crippen LogP contribution in [0.1, 0.15) is 38.9 Å². The van der Waals surface area contributed by atoms with Gasteiger partial charge in [0.25, 0.3) is 0 Å². The first kappa shape index (κ1) is 19.6. The van der Waals surface area contributed by atoms with Crippen LogP contribution in [0.15, 0.2) is 0 Å². The molecule has 0 spiro atoms. The highest BCUT2D eigenvalue weighted by atomic mass is 32.1. The van der Waals surface area contributed by atoms with E-state index in [2.05, 4.69) is 10.00 Å². The zero-order valence-electron chi connectivity index (χ0n) is 14.9. The van der Waals surface area contributed by atoms with Crippen molar-refractivity contribution in [2.24, 2.45) is 11.7 Å². The molecule has 0 radical (unpaired) electrons. The molecular formula is C16H27N5O3S. The Kier molecular flexibility index (Phi) is 7.12. The lowest BCUT2D eigenvalue weighted by Gasteiger charge is -2.31. The number of esters is 1. The van der Waals surface area contributed by atoms with Gasteiger partial charge in [0.1, 0.15) is 5.82 Å². The maximum atomic E-state index is 12.0. The molecule has 25 heavy (non-hydrogen) atoms. The van der Waals surface area contributed by atoms with Gasteiger partial charge in [0, 0.05) is 25.9 Å². The predicted octanol–water partition coefficient (Wildman–Crippen LogP) is 1.08. The van der Waals surface area contributed by atoms with E-state index in [4.69, 9.17) is 22.7 Å². The highest BCUT2D eigenvalue weighted by Crippen LogP contribution is 2.19. The Labute approximate surface area is 152 Å². The zero-order chi connectivity index (χ0) is 18.4. The number of hydrogen-bond acceptors (Lipinski definition) is 6. The molecule has 140 valence electrons. The average Bonchev–Trinajstić information content (AvgIpc) is 2.88. The summed E-state index contributed by atoms with van der Waals surface area (Å²) in [6.45, 7) is 6.99. The van der Waals surface area contributed by atoms with Crippen molar-refractivity contribution in [3.05, 3.63) is 10.6 Å². The summed E-state index contributed by atoms with van der Waals surface area (Å²) in [6.07, 6.45) is 2.53. The van der Waals surface area contributed by atoms with Gasteiger partial charge in [0.05, 0.1) is 19.2 Å². The Morgan fingerprint density at radius 1 is 1.40 bits per heavy atom. The van der Waals surface area contributed by atoms with Crippen LogP contribution in [0.3, 0.4) is 0 Å². The molecular weight excluding hydrogens is 342 g/mol. The van der Waals surface area contributed by atoms with Gasteiger partial charge in [-0.05, 0) is 45.5 Å². The van der Waals surface area contributed by atoms with Gasteiger partial charge in [-0.25, -0.2) is 4.68 Å². The fourth-order valence-corrected chi connectivity index (χ4v) is 3.47. The minimum Gasteiger partial charge on any atom is -0.466 e. The Hall–Kier alpha value is -1.74. The summed E-state index contributed by atoms with van der Waals surface area (Å²) >= 11 is 5.51. The summed E-state index contributed by atoms with van der Waals surface area (Å²) in [6, 6.07) is 0. The second kappa shape index (κ2) is 9.10. The molecule has 1 amide bonds. The molecule has 0 unspecified atom stereocenters. The molecule has 0 aliphatic carbocycles. The number of hydrogen-bond donors (Lipinski definition) is 1. The van der Waals surface area contributed by atoms with E-state index in [0.717, 1.165) is 25.2 Å². The minimum atomic E-state index is -0.351. The second-order valence-corrected chi connectivity index (χ2v) is 6.58. The Morgan fingerprint density at radius 3 is 2.80 bits per heavy atom. The quantitative estimate of drug-likeness (QED) is 0.544. The molecule has 1 aliphatic rings. The summed E-state index contributed by atoms with van der Waals surface area (Å²) in [5.74, 6) is 0.198. The Balaban J connectivity index is 2.07. The number of nitrogens with zero attached hydrogens (tertiary/aromatic N) is 4. The third kappa shape index (κ3) is 5.12. The van der Waals surface area contributed by atoms with Gasteiger partial charge >= 0.3 is 5.97 Å². The van der Waals surface area contributed by atoms with Crippen molar-refractivity contribution >= 4 is 24.1 Å². The summed E-state index contributed by atoms with van der Waals surface area (Å²) < 4.78 is 9.46. The monoisotopic (exact) mass is 369 g/mol. The largest absolute Gasteiger partial charge is 0.466 e. The van der Waals surface area contributed by atoms with Gasteiger partial charge in [-0.1, -0.05) is 0 Å². The number of piperidine rings is 1. The SMILES string of the molecule is CCOC(=O)[C@@H]1CCCN(Cn2nc(CCC(N)=O)n(CC)c2=S)C1. The third-order valence-electron chi connectivity index (χ3n) is 4.37. The normalized spacial score (nSPS) is 18.2. The van der Waals surface area contributed by atoms with Crippen LogP contribution in [0, 0.1) is 10.7 Å². The van der Waals surface area contributed by atoms with E-state index < -0.39 is 0 Å². The van der Waals surface area contributed by atoms with Gasteiger partial charge in [0.15, 0.2) is 4.77 Å². The van der Waals surface area contributed by atoms with E-state index in [1.807, 2.05) is 18.4 Å². The van der Waals surface area contributed by atoms with Crippen LogP contribution in [0.4, 0.5) is 0 Å². The maximum absolute atomic E-state index is 12.0. The van der Waals surface area contributed by atoms with Gasteiger partial charge < -0.3 is 15.0 Å². The fourth-order valence-electron chi connectivity index (χ4n) is 3.14. The molecule has 1 aliphatic heterocycles. The lowest BCUT2D eigenvalue weighted by atomic mass is 9.99. The number of amides is 1. The summed E-state index contributed by atoms with van der Waals surface area (Å²) in [5.41, 5.74) is 5.23. The molecule has 1 aromatic rings.